The van der Waals surface area contributed by atoms with Gasteiger partial charge in [0.25, 0.3) is 0 Å². The molecule has 0 N–H and O–H groups in total. The molecule has 2 aromatic carbocycles. The summed E-state index contributed by atoms with van der Waals surface area (Å²) < 4.78 is 2.85. The smallest absolute Gasteiger partial charge is 0.188 e. The van der Waals surface area contributed by atoms with E-state index in [1.54, 1.807) is 16.4 Å². The van der Waals surface area contributed by atoms with Gasteiger partial charge in [-0.05, 0) is 34.2 Å². The lowest BCUT2D eigenvalue weighted by Crippen LogP contribution is -1.98. The number of halogens is 1. The summed E-state index contributed by atoms with van der Waals surface area (Å²) in [5.41, 5.74) is 2.19. The number of hydrogen-bond acceptors (Lipinski definition) is 4. The van der Waals surface area contributed by atoms with Gasteiger partial charge in [0.05, 0.1) is 5.69 Å². The van der Waals surface area contributed by atoms with Gasteiger partial charge in [-0.2, -0.15) is 4.68 Å². The minimum Gasteiger partial charge on any atom is -0.188 e. The molecular weight excluding hydrogens is 336 g/mol. The fourth-order valence-electron chi connectivity index (χ4n) is 1.76. The lowest BCUT2D eigenvalue weighted by atomic mass is 10.2. The summed E-state index contributed by atoms with van der Waals surface area (Å²) in [6.45, 7) is 0. The van der Waals surface area contributed by atoms with Crippen molar-refractivity contribution < 1.29 is 0 Å². The highest BCUT2D eigenvalue weighted by Crippen LogP contribution is 2.26. The van der Waals surface area contributed by atoms with Gasteiger partial charge in [0.15, 0.2) is 0 Å². The van der Waals surface area contributed by atoms with Crippen LogP contribution in [0, 0.1) is 0 Å². The Morgan fingerprint density at radius 3 is 2.55 bits per heavy atom. The van der Waals surface area contributed by atoms with Gasteiger partial charge in [0, 0.05) is 10.2 Å². The molecule has 6 heteroatoms. The van der Waals surface area contributed by atoms with Crippen molar-refractivity contribution in [1.29, 1.82) is 0 Å². The van der Waals surface area contributed by atoms with E-state index in [1.165, 1.54) is 5.56 Å². The zero-order valence-electron chi connectivity index (χ0n) is 10.5. The predicted molar refractivity (Wildman–Crippen MR) is 82.9 cm³/mol. The Morgan fingerprint density at radius 2 is 1.75 bits per heavy atom. The van der Waals surface area contributed by atoms with Crippen molar-refractivity contribution in [2.75, 3.05) is 0 Å². The van der Waals surface area contributed by atoms with Crippen LogP contribution in [0.2, 0.25) is 0 Å². The van der Waals surface area contributed by atoms with Gasteiger partial charge < -0.3 is 0 Å². The van der Waals surface area contributed by atoms with Crippen molar-refractivity contribution in [2.24, 2.45) is 0 Å². The number of para-hydroxylation sites is 1. The van der Waals surface area contributed by atoms with E-state index in [4.69, 9.17) is 0 Å². The minimum absolute atomic E-state index is 0.784. The molecule has 3 rings (SSSR count). The summed E-state index contributed by atoms with van der Waals surface area (Å²) in [5.74, 6) is 0.814. The van der Waals surface area contributed by atoms with Crippen LogP contribution in [0.15, 0.2) is 64.2 Å². The molecule has 0 fully saturated rings. The van der Waals surface area contributed by atoms with Gasteiger partial charge in [0.2, 0.25) is 5.16 Å². The number of hydrogen-bond donors (Lipinski definition) is 0. The summed E-state index contributed by atoms with van der Waals surface area (Å²) in [7, 11) is 0. The Bertz CT molecular complexity index is 699. The molecule has 0 radical (unpaired) electrons. The first-order valence-corrected chi connectivity index (χ1v) is 7.82. The molecule has 1 aromatic heterocycles. The normalized spacial score (nSPS) is 10.7. The predicted octanol–water partition coefficient (Wildman–Crippen LogP) is 3.72. The highest BCUT2D eigenvalue weighted by Gasteiger charge is 2.09. The molecule has 0 amide bonds. The standard InChI is InChI=1S/C14H11BrN4S/c15-13-9-5-4-6-11(13)10-20-14-16-17-18-19(14)12-7-2-1-3-8-12/h1-9H,10H2. The van der Waals surface area contributed by atoms with Crippen molar-refractivity contribution in [3.05, 3.63) is 64.6 Å². The van der Waals surface area contributed by atoms with Crippen molar-refractivity contribution in [3.8, 4) is 5.69 Å². The summed E-state index contributed by atoms with van der Waals surface area (Å²) in [5, 5.41) is 12.7. The molecule has 0 saturated carbocycles. The SMILES string of the molecule is Brc1ccccc1CSc1nnnn1-c1ccccc1. The van der Waals surface area contributed by atoms with Gasteiger partial charge in [-0.25, -0.2) is 0 Å². The molecule has 20 heavy (non-hydrogen) atoms. The first-order valence-electron chi connectivity index (χ1n) is 6.04. The molecule has 0 aliphatic rings. The maximum atomic E-state index is 4.09. The number of benzene rings is 2. The van der Waals surface area contributed by atoms with E-state index in [0.29, 0.717) is 0 Å². The average Bonchev–Trinajstić information content (AvgIpc) is 2.96. The number of nitrogens with zero attached hydrogens (tertiary/aromatic N) is 4. The lowest BCUT2D eigenvalue weighted by molar-refractivity contribution is 0.756. The zero-order valence-corrected chi connectivity index (χ0v) is 12.9. The van der Waals surface area contributed by atoms with E-state index in [-0.39, 0.29) is 0 Å². The van der Waals surface area contributed by atoms with Crippen LogP contribution in [0.1, 0.15) is 5.56 Å². The minimum atomic E-state index is 0.784. The van der Waals surface area contributed by atoms with Crippen LogP contribution in [-0.4, -0.2) is 20.2 Å². The van der Waals surface area contributed by atoms with Crippen LogP contribution >= 0.6 is 27.7 Å². The Kier molecular flexibility index (Phi) is 4.13. The molecule has 0 spiro atoms. The van der Waals surface area contributed by atoms with Crippen LogP contribution in [0.4, 0.5) is 0 Å². The fourth-order valence-corrected chi connectivity index (χ4v) is 3.26. The van der Waals surface area contributed by atoms with E-state index in [2.05, 4.69) is 37.5 Å². The summed E-state index contributed by atoms with van der Waals surface area (Å²) in [6.07, 6.45) is 0. The number of thioether (sulfide) groups is 1. The molecular formula is C14H11BrN4S. The van der Waals surface area contributed by atoms with Gasteiger partial charge in [0.1, 0.15) is 0 Å². The Morgan fingerprint density at radius 1 is 1.00 bits per heavy atom. The molecule has 0 aliphatic carbocycles. The molecule has 100 valence electrons. The van der Waals surface area contributed by atoms with Crippen molar-refractivity contribution in [2.45, 2.75) is 10.9 Å². The molecule has 3 aromatic rings. The second-order valence-corrected chi connectivity index (χ2v) is 5.89. The molecule has 0 bridgehead atoms. The summed E-state index contributed by atoms with van der Waals surface area (Å²) in [4.78, 5) is 0. The first-order chi connectivity index (χ1) is 9.84. The van der Waals surface area contributed by atoms with Gasteiger partial charge in [-0.3, -0.25) is 0 Å². The Labute approximate surface area is 129 Å². The first kappa shape index (κ1) is 13.3. The maximum Gasteiger partial charge on any atom is 0.214 e. The van der Waals surface area contributed by atoms with Crippen LogP contribution in [0.25, 0.3) is 5.69 Å². The van der Waals surface area contributed by atoms with E-state index >= 15 is 0 Å². The molecule has 0 saturated heterocycles. The molecule has 0 unspecified atom stereocenters. The average molecular weight is 347 g/mol. The highest BCUT2D eigenvalue weighted by molar-refractivity contribution is 9.10. The van der Waals surface area contributed by atoms with Gasteiger partial charge >= 0.3 is 0 Å². The Balaban J connectivity index is 1.80. The third kappa shape index (κ3) is 2.91. The lowest BCUT2D eigenvalue weighted by Gasteiger charge is -2.05. The molecule has 4 nitrogen and oxygen atoms in total. The number of rotatable bonds is 4. The van der Waals surface area contributed by atoms with Crippen LogP contribution < -0.4 is 0 Å². The largest absolute Gasteiger partial charge is 0.214 e. The monoisotopic (exact) mass is 346 g/mol. The van der Waals surface area contributed by atoms with Crippen LogP contribution in [0.3, 0.4) is 0 Å². The second-order valence-electron chi connectivity index (χ2n) is 4.09. The fraction of sp³-hybridized carbons (Fsp3) is 0.0714. The molecule has 0 aliphatic heterocycles. The van der Waals surface area contributed by atoms with Crippen molar-refractivity contribution in [1.82, 2.24) is 20.2 Å². The van der Waals surface area contributed by atoms with E-state index in [0.717, 1.165) is 21.1 Å². The number of tetrazole rings is 1. The number of aromatic nitrogens is 4. The molecule has 1 heterocycles. The topological polar surface area (TPSA) is 43.6 Å². The molecule has 0 atom stereocenters. The van der Waals surface area contributed by atoms with Crippen molar-refractivity contribution in [3.63, 3.8) is 0 Å². The summed E-state index contributed by atoms with van der Waals surface area (Å²) in [6, 6.07) is 18.1. The Hall–Kier alpha value is -1.66. The van der Waals surface area contributed by atoms with Crippen LogP contribution in [-0.2, 0) is 5.75 Å². The second kappa shape index (κ2) is 6.19. The maximum absolute atomic E-state index is 4.09. The highest BCUT2D eigenvalue weighted by atomic mass is 79.9. The van der Waals surface area contributed by atoms with E-state index < -0.39 is 0 Å². The van der Waals surface area contributed by atoms with E-state index in [1.807, 2.05) is 48.5 Å². The van der Waals surface area contributed by atoms with Gasteiger partial charge in [-0.1, -0.05) is 64.1 Å². The third-order valence-corrected chi connectivity index (χ3v) is 4.50. The van der Waals surface area contributed by atoms with Gasteiger partial charge in [-0.15, -0.1) is 5.10 Å². The zero-order chi connectivity index (χ0) is 13.8. The van der Waals surface area contributed by atoms with Crippen LogP contribution in [0.5, 0.6) is 0 Å². The quantitative estimate of drug-likeness (QED) is 0.675. The van der Waals surface area contributed by atoms with E-state index in [9.17, 15) is 0 Å². The summed E-state index contributed by atoms with van der Waals surface area (Å²) >= 11 is 5.16. The van der Waals surface area contributed by atoms with Crippen molar-refractivity contribution >= 4 is 27.7 Å². The third-order valence-electron chi connectivity index (χ3n) is 2.76.